The number of anilines is 1. The Bertz CT molecular complexity index is 852. The molecule has 1 fully saturated rings. The molecule has 0 saturated heterocycles. The molecule has 1 aliphatic rings. The SMILES string of the molecule is CC(Nc1ccc(Oc2ccc(C#N)cc2)cc1)C(=O)NC(=O)NC1CC1. The standard InChI is InChI=1S/C20H20N4O3/c1-13(19(25)24-20(26)23-16-4-5-16)22-15-6-10-18(11-7-15)27-17-8-2-14(12-21)3-9-17/h2-3,6-11,13,16,22H,4-5H2,1H3,(H2,23,24,25,26). The number of hydrogen-bond donors (Lipinski definition) is 3. The zero-order chi connectivity index (χ0) is 19.2. The van der Waals surface area contributed by atoms with Crippen molar-refractivity contribution in [1.82, 2.24) is 10.6 Å². The number of nitrogens with one attached hydrogen (secondary N) is 3. The van der Waals surface area contributed by atoms with Crippen molar-refractivity contribution in [2.45, 2.75) is 31.8 Å². The lowest BCUT2D eigenvalue weighted by Gasteiger charge is -2.15. The van der Waals surface area contributed by atoms with Gasteiger partial charge in [0.2, 0.25) is 5.91 Å². The molecule has 138 valence electrons. The van der Waals surface area contributed by atoms with Gasteiger partial charge in [0.15, 0.2) is 0 Å². The van der Waals surface area contributed by atoms with Gasteiger partial charge >= 0.3 is 6.03 Å². The lowest BCUT2D eigenvalue weighted by molar-refractivity contribution is -0.120. The molecular formula is C20H20N4O3. The minimum absolute atomic E-state index is 0.199. The number of nitrogens with zero attached hydrogens (tertiary/aromatic N) is 1. The molecule has 7 nitrogen and oxygen atoms in total. The third-order valence-electron chi connectivity index (χ3n) is 4.00. The summed E-state index contributed by atoms with van der Waals surface area (Å²) in [6, 6.07) is 15.2. The Morgan fingerprint density at radius 3 is 2.22 bits per heavy atom. The first-order valence-corrected chi connectivity index (χ1v) is 8.69. The van der Waals surface area contributed by atoms with E-state index in [9.17, 15) is 9.59 Å². The van der Waals surface area contributed by atoms with Crippen LogP contribution in [0.1, 0.15) is 25.3 Å². The molecule has 1 aliphatic carbocycles. The average Bonchev–Trinajstić information content (AvgIpc) is 3.47. The van der Waals surface area contributed by atoms with Crippen LogP contribution in [-0.2, 0) is 4.79 Å². The molecule has 0 spiro atoms. The van der Waals surface area contributed by atoms with E-state index in [-0.39, 0.29) is 6.04 Å². The number of nitriles is 1. The maximum atomic E-state index is 12.0. The fourth-order valence-electron chi connectivity index (χ4n) is 2.34. The molecule has 3 rings (SSSR count). The van der Waals surface area contributed by atoms with Gasteiger partial charge in [-0.3, -0.25) is 10.1 Å². The van der Waals surface area contributed by atoms with Gasteiger partial charge in [0.05, 0.1) is 11.6 Å². The highest BCUT2D eigenvalue weighted by Crippen LogP contribution is 2.23. The van der Waals surface area contributed by atoms with Gasteiger partial charge < -0.3 is 15.4 Å². The van der Waals surface area contributed by atoms with Crippen molar-refractivity contribution in [3.63, 3.8) is 0 Å². The summed E-state index contributed by atoms with van der Waals surface area (Å²) in [6.07, 6.45) is 1.93. The van der Waals surface area contributed by atoms with E-state index in [1.807, 2.05) is 0 Å². The molecule has 1 atom stereocenters. The Morgan fingerprint density at radius 2 is 1.67 bits per heavy atom. The van der Waals surface area contributed by atoms with Gasteiger partial charge in [-0.15, -0.1) is 0 Å². The molecule has 3 amide bonds. The Morgan fingerprint density at radius 1 is 1.07 bits per heavy atom. The number of carbonyl (C=O) groups excluding carboxylic acids is 2. The van der Waals surface area contributed by atoms with Crippen LogP contribution in [0, 0.1) is 11.3 Å². The third-order valence-corrected chi connectivity index (χ3v) is 4.00. The highest BCUT2D eigenvalue weighted by atomic mass is 16.5. The normalized spacial score (nSPS) is 13.8. The van der Waals surface area contributed by atoms with Gasteiger partial charge in [-0.05, 0) is 68.3 Å². The van der Waals surface area contributed by atoms with Gasteiger partial charge in [0.1, 0.15) is 17.5 Å². The zero-order valence-electron chi connectivity index (χ0n) is 14.9. The van der Waals surface area contributed by atoms with Crippen LogP contribution in [0.3, 0.4) is 0 Å². The second-order valence-electron chi connectivity index (χ2n) is 6.37. The molecule has 2 aromatic rings. The van der Waals surface area contributed by atoms with Crippen LogP contribution in [0.25, 0.3) is 0 Å². The van der Waals surface area contributed by atoms with Gasteiger partial charge in [-0.1, -0.05) is 0 Å². The average molecular weight is 364 g/mol. The minimum atomic E-state index is -0.569. The number of rotatable bonds is 6. The highest BCUT2D eigenvalue weighted by molar-refractivity contribution is 5.98. The van der Waals surface area contributed by atoms with Crippen molar-refractivity contribution in [3.8, 4) is 17.6 Å². The van der Waals surface area contributed by atoms with Crippen LogP contribution >= 0.6 is 0 Å². The van der Waals surface area contributed by atoms with Crippen molar-refractivity contribution in [1.29, 1.82) is 5.26 Å². The second kappa shape index (κ2) is 8.23. The van der Waals surface area contributed by atoms with Crippen LogP contribution < -0.4 is 20.7 Å². The number of amides is 3. The molecule has 0 aliphatic heterocycles. The second-order valence-corrected chi connectivity index (χ2v) is 6.37. The van der Waals surface area contributed by atoms with E-state index >= 15 is 0 Å². The molecular weight excluding hydrogens is 344 g/mol. The summed E-state index contributed by atoms with van der Waals surface area (Å²) in [5.41, 5.74) is 1.30. The fourth-order valence-corrected chi connectivity index (χ4v) is 2.34. The van der Waals surface area contributed by atoms with Gasteiger partial charge in [-0.25, -0.2) is 4.79 Å². The van der Waals surface area contributed by atoms with Crippen molar-refractivity contribution < 1.29 is 14.3 Å². The molecule has 1 saturated carbocycles. The Hall–Kier alpha value is -3.53. The summed E-state index contributed by atoms with van der Waals surface area (Å²) < 4.78 is 5.71. The zero-order valence-corrected chi connectivity index (χ0v) is 14.9. The summed E-state index contributed by atoms with van der Waals surface area (Å²) in [4.78, 5) is 23.7. The summed E-state index contributed by atoms with van der Waals surface area (Å²) >= 11 is 0. The number of imide groups is 1. The monoisotopic (exact) mass is 364 g/mol. The van der Waals surface area contributed by atoms with E-state index < -0.39 is 18.0 Å². The molecule has 0 aromatic heterocycles. The van der Waals surface area contributed by atoms with Gasteiger partial charge in [-0.2, -0.15) is 5.26 Å². The lowest BCUT2D eigenvalue weighted by Crippen LogP contribution is -2.46. The predicted molar refractivity (Wildman–Crippen MR) is 100 cm³/mol. The maximum Gasteiger partial charge on any atom is 0.321 e. The largest absolute Gasteiger partial charge is 0.457 e. The predicted octanol–water partition coefficient (Wildman–Crippen LogP) is 3.14. The summed E-state index contributed by atoms with van der Waals surface area (Å²) in [6.45, 7) is 1.68. The van der Waals surface area contributed by atoms with Gasteiger partial charge in [0, 0.05) is 11.7 Å². The van der Waals surface area contributed by atoms with E-state index in [4.69, 9.17) is 10.00 Å². The van der Waals surface area contributed by atoms with E-state index in [0.717, 1.165) is 18.5 Å². The van der Waals surface area contributed by atoms with Crippen LogP contribution in [0.4, 0.5) is 10.5 Å². The number of urea groups is 1. The van der Waals surface area contributed by atoms with Crippen LogP contribution in [-0.4, -0.2) is 24.0 Å². The van der Waals surface area contributed by atoms with E-state index in [1.165, 1.54) is 0 Å². The first kappa shape index (κ1) is 18.3. The van der Waals surface area contributed by atoms with Crippen molar-refractivity contribution in [2.75, 3.05) is 5.32 Å². The summed E-state index contributed by atoms with van der Waals surface area (Å²) in [5, 5.41) is 16.9. The summed E-state index contributed by atoms with van der Waals surface area (Å²) in [7, 11) is 0. The van der Waals surface area contributed by atoms with Crippen molar-refractivity contribution >= 4 is 17.6 Å². The number of benzene rings is 2. The third kappa shape index (κ3) is 5.47. The summed E-state index contributed by atoms with van der Waals surface area (Å²) in [5.74, 6) is 0.862. The number of carbonyl (C=O) groups is 2. The molecule has 27 heavy (non-hydrogen) atoms. The van der Waals surface area contributed by atoms with Crippen molar-refractivity contribution in [3.05, 3.63) is 54.1 Å². The highest BCUT2D eigenvalue weighted by Gasteiger charge is 2.24. The van der Waals surface area contributed by atoms with E-state index in [0.29, 0.717) is 17.1 Å². The molecule has 0 bridgehead atoms. The van der Waals surface area contributed by atoms with E-state index in [1.54, 1.807) is 55.5 Å². The maximum absolute atomic E-state index is 12.0. The molecule has 1 unspecified atom stereocenters. The van der Waals surface area contributed by atoms with Gasteiger partial charge in [0.25, 0.3) is 0 Å². The van der Waals surface area contributed by atoms with Crippen molar-refractivity contribution in [2.24, 2.45) is 0 Å². The molecule has 3 N–H and O–H groups in total. The molecule has 2 aromatic carbocycles. The Balaban J connectivity index is 1.50. The van der Waals surface area contributed by atoms with Crippen LogP contribution in [0.15, 0.2) is 48.5 Å². The fraction of sp³-hybridized carbons (Fsp3) is 0.250. The number of ether oxygens (including phenoxy) is 1. The van der Waals surface area contributed by atoms with E-state index in [2.05, 4.69) is 22.0 Å². The Kier molecular flexibility index (Phi) is 5.57. The van der Waals surface area contributed by atoms with Crippen LogP contribution in [0.5, 0.6) is 11.5 Å². The lowest BCUT2D eigenvalue weighted by atomic mass is 10.2. The quantitative estimate of drug-likeness (QED) is 0.731. The number of hydrogen-bond acceptors (Lipinski definition) is 5. The minimum Gasteiger partial charge on any atom is -0.457 e. The molecule has 0 heterocycles. The first-order valence-electron chi connectivity index (χ1n) is 8.69. The molecule has 0 radical (unpaired) electrons. The van der Waals surface area contributed by atoms with Crippen LogP contribution in [0.2, 0.25) is 0 Å². The topological polar surface area (TPSA) is 103 Å². The first-order chi connectivity index (χ1) is 13.0. The Labute approximate surface area is 157 Å². The smallest absolute Gasteiger partial charge is 0.321 e. The molecule has 7 heteroatoms.